The number of ether oxygens (including phenoxy) is 1. The first kappa shape index (κ1) is 16.2. The number of aryl methyl sites for hydroxylation is 2. The molecule has 0 heterocycles. The standard InChI is InChI=1S/C17H20N2O3/c1-22-9-3-8-19-17(21)15(11-18)16(20)14-7-6-12-4-2-5-13(12)10-14/h6-7,10,15H,2-5,8-9H2,1H3,(H,19,21)/t15-/m0/s1. The first-order chi connectivity index (χ1) is 10.7. The molecule has 1 aliphatic carbocycles. The second kappa shape index (κ2) is 7.71. The fraction of sp³-hybridized carbons (Fsp3) is 0.471. The number of rotatable bonds is 7. The van der Waals surface area contributed by atoms with Crippen LogP contribution in [-0.4, -0.2) is 32.0 Å². The number of nitrogens with one attached hydrogen (secondary N) is 1. The van der Waals surface area contributed by atoms with E-state index in [0.29, 0.717) is 25.1 Å². The van der Waals surface area contributed by atoms with E-state index in [1.807, 2.05) is 18.2 Å². The van der Waals surface area contributed by atoms with Gasteiger partial charge in [0.15, 0.2) is 11.7 Å². The molecule has 1 aromatic rings. The number of hydrogen-bond acceptors (Lipinski definition) is 4. The maximum Gasteiger partial charge on any atom is 0.245 e. The highest BCUT2D eigenvalue weighted by atomic mass is 16.5. The molecule has 0 spiro atoms. The van der Waals surface area contributed by atoms with E-state index in [2.05, 4.69) is 5.32 Å². The Bertz CT molecular complexity index is 604. The van der Waals surface area contributed by atoms with Gasteiger partial charge in [-0.25, -0.2) is 0 Å². The maximum absolute atomic E-state index is 12.4. The van der Waals surface area contributed by atoms with Crippen LogP contribution in [0.15, 0.2) is 18.2 Å². The van der Waals surface area contributed by atoms with Crippen LogP contribution in [0.1, 0.15) is 34.3 Å². The number of nitriles is 1. The van der Waals surface area contributed by atoms with Gasteiger partial charge in [-0.1, -0.05) is 12.1 Å². The third-order valence-corrected chi connectivity index (χ3v) is 3.86. The molecule has 22 heavy (non-hydrogen) atoms. The number of Topliss-reactive ketones (excluding diaryl/α,β-unsaturated/α-hetero) is 1. The number of nitrogens with zero attached hydrogens (tertiary/aromatic N) is 1. The number of fused-ring (bicyclic) bond motifs is 1. The number of ketones is 1. The Balaban J connectivity index is 2.02. The Morgan fingerprint density at radius 2 is 2.14 bits per heavy atom. The van der Waals surface area contributed by atoms with E-state index in [9.17, 15) is 9.59 Å². The second-order valence-electron chi connectivity index (χ2n) is 5.40. The van der Waals surface area contributed by atoms with Crippen LogP contribution >= 0.6 is 0 Å². The summed E-state index contributed by atoms with van der Waals surface area (Å²) in [6.07, 6.45) is 3.73. The third kappa shape index (κ3) is 3.71. The summed E-state index contributed by atoms with van der Waals surface area (Å²) in [5.74, 6) is -2.26. The molecule has 1 aliphatic rings. The third-order valence-electron chi connectivity index (χ3n) is 3.86. The van der Waals surface area contributed by atoms with Crippen LogP contribution in [0.3, 0.4) is 0 Å². The highest BCUT2D eigenvalue weighted by Gasteiger charge is 2.28. The molecule has 116 valence electrons. The van der Waals surface area contributed by atoms with Crippen molar-refractivity contribution in [2.75, 3.05) is 20.3 Å². The van der Waals surface area contributed by atoms with Gasteiger partial charge in [-0.05, 0) is 42.9 Å². The number of carbonyl (C=O) groups is 2. The van der Waals surface area contributed by atoms with Crippen LogP contribution in [0.2, 0.25) is 0 Å². The number of amides is 1. The van der Waals surface area contributed by atoms with E-state index >= 15 is 0 Å². The molecular weight excluding hydrogens is 280 g/mol. The van der Waals surface area contributed by atoms with Gasteiger partial charge in [0.2, 0.25) is 5.91 Å². The quantitative estimate of drug-likeness (QED) is 0.472. The molecular formula is C17H20N2O3. The minimum Gasteiger partial charge on any atom is -0.385 e. The summed E-state index contributed by atoms with van der Waals surface area (Å²) in [6.45, 7) is 0.915. The van der Waals surface area contributed by atoms with E-state index < -0.39 is 17.6 Å². The van der Waals surface area contributed by atoms with E-state index in [-0.39, 0.29) is 0 Å². The van der Waals surface area contributed by atoms with Crippen LogP contribution in [0.5, 0.6) is 0 Å². The first-order valence-corrected chi connectivity index (χ1v) is 7.49. The lowest BCUT2D eigenvalue weighted by Crippen LogP contribution is -2.35. The minimum absolute atomic E-state index is 0.391. The Hall–Kier alpha value is -2.19. The zero-order valence-corrected chi connectivity index (χ0v) is 12.7. The van der Waals surface area contributed by atoms with Gasteiger partial charge in [-0.2, -0.15) is 5.26 Å². The highest BCUT2D eigenvalue weighted by molar-refractivity contribution is 6.12. The molecule has 5 nitrogen and oxygen atoms in total. The summed E-state index contributed by atoms with van der Waals surface area (Å²) in [7, 11) is 1.58. The summed E-state index contributed by atoms with van der Waals surface area (Å²) in [6, 6.07) is 7.29. The molecule has 0 radical (unpaired) electrons. The monoisotopic (exact) mass is 300 g/mol. The molecule has 0 aromatic heterocycles. The van der Waals surface area contributed by atoms with Crippen LogP contribution < -0.4 is 5.32 Å². The normalized spacial score (nSPS) is 14.0. The smallest absolute Gasteiger partial charge is 0.245 e. The molecule has 1 aromatic carbocycles. The average molecular weight is 300 g/mol. The van der Waals surface area contributed by atoms with Crippen molar-refractivity contribution in [3.05, 3.63) is 34.9 Å². The summed E-state index contributed by atoms with van der Waals surface area (Å²) < 4.78 is 4.89. The average Bonchev–Trinajstić information content (AvgIpc) is 2.99. The van der Waals surface area contributed by atoms with E-state index in [0.717, 1.165) is 24.8 Å². The minimum atomic E-state index is -1.29. The van der Waals surface area contributed by atoms with Gasteiger partial charge in [0.05, 0.1) is 6.07 Å². The summed E-state index contributed by atoms with van der Waals surface area (Å²) >= 11 is 0. The van der Waals surface area contributed by atoms with Crippen molar-refractivity contribution in [2.24, 2.45) is 5.92 Å². The predicted octanol–water partition coefficient (Wildman–Crippen LogP) is 1.65. The van der Waals surface area contributed by atoms with Gasteiger partial charge in [-0.3, -0.25) is 9.59 Å². The molecule has 2 rings (SSSR count). The number of hydrogen-bond donors (Lipinski definition) is 1. The Morgan fingerprint density at radius 3 is 2.86 bits per heavy atom. The van der Waals surface area contributed by atoms with Gasteiger partial charge < -0.3 is 10.1 Å². The van der Waals surface area contributed by atoms with Gasteiger partial charge in [0, 0.05) is 25.8 Å². The van der Waals surface area contributed by atoms with Crippen LogP contribution in [0, 0.1) is 17.2 Å². The van der Waals surface area contributed by atoms with Crippen molar-refractivity contribution in [1.82, 2.24) is 5.32 Å². The topological polar surface area (TPSA) is 79.2 Å². The lowest BCUT2D eigenvalue weighted by atomic mass is 9.95. The Kier molecular flexibility index (Phi) is 5.68. The zero-order valence-electron chi connectivity index (χ0n) is 12.7. The molecule has 1 N–H and O–H groups in total. The van der Waals surface area contributed by atoms with Crippen molar-refractivity contribution < 1.29 is 14.3 Å². The molecule has 1 atom stereocenters. The molecule has 5 heteroatoms. The number of carbonyl (C=O) groups excluding carboxylic acids is 2. The van der Waals surface area contributed by atoms with Crippen molar-refractivity contribution in [3.8, 4) is 6.07 Å². The summed E-state index contributed by atoms with van der Waals surface area (Å²) in [5.41, 5.74) is 2.86. The molecule has 0 bridgehead atoms. The summed E-state index contributed by atoms with van der Waals surface area (Å²) in [5, 5.41) is 11.8. The maximum atomic E-state index is 12.4. The van der Waals surface area contributed by atoms with Gasteiger partial charge >= 0.3 is 0 Å². The predicted molar refractivity (Wildman–Crippen MR) is 81.4 cm³/mol. The van der Waals surface area contributed by atoms with Crippen molar-refractivity contribution >= 4 is 11.7 Å². The van der Waals surface area contributed by atoms with Crippen LogP contribution in [-0.2, 0) is 22.4 Å². The Morgan fingerprint density at radius 1 is 1.36 bits per heavy atom. The van der Waals surface area contributed by atoms with Gasteiger partial charge in [0.25, 0.3) is 0 Å². The van der Waals surface area contributed by atoms with Crippen molar-refractivity contribution in [1.29, 1.82) is 5.26 Å². The van der Waals surface area contributed by atoms with E-state index in [1.165, 1.54) is 5.56 Å². The van der Waals surface area contributed by atoms with Gasteiger partial charge in [0.1, 0.15) is 0 Å². The molecule has 0 unspecified atom stereocenters. The van der Waals surface area contributed by atoms with Crippen molar-refractivity contribution in [3.63, 3.8) is 0 Å². The fourth-order valence-corrected chi connectivity index (χ4v) is 2.66. The highest BCUT2D eigenvalue weighted by Crippen LogP contribution is 2.24. The van der Waals surface area contributed by atoms with Crippen LogP contribution in [0.4, 0.5) is 0 Å². The lowest BCUT2D eigenvalue weighted by molar-refractivity contribution is -0.122. The number of benzene rings is 1. The van der Waals surface area contributed by atoms with Gasteiger partial charge in [-0.15, -0.1) is 0 Å². The Labute approximate surface area is 130 Å². The molecule has 0 aliphatic heterocycles. The number of methoxy groups -OCH3 is 1. The molecule has 0 saturated carbocycles. The zero-order chi connectivity index (χ0) is 15.9. The van der Waals surface area contributed by atoms with Crippen molar-refractivity contribution in [2.45, 2.75) is 25.7 Å². The van der Waals surface area contributed by atoms with E-state index in [1.54, 1.807) is 13.2 Å². The largest absolute Gasteiger partial charge is 0.385 e. The lowest BCUT2D eigenvalue weighted by Gasteiger charge is -2.10. The SMILES string of the molecule is COCCCNC(=O)[C@@H](C#N)C(=O)c1ccc2c(c1)CCC2. The second-order valence-corrected chi connectivity index (χ2v) is 5.40. The van der Waals surface area contributed by atoms with Crippen LogP contribution in [0.25, 0.3) is 0 Å². The van der Waals surface area contributed by atoms with E-state index in [4.69, 9.17) is 10.00 Å². The molecule has 0 saturated heterocycles. The molecule has 0 fully saturated rings. The summed E-state index contributed by atoms with van der Waals surface area (Å²) in [4.78, 5) is 24.4. The first-order valence-electron chi connectivity index (χ1n) is 7.49. The molecule has 1 amide bonds. The fourth-order valence-electron chi connectivity index (χ4n) is 2.66.